The molecule has 0 bridgehead atoms. The number of hydrogen-bond donors (Lipinski definition) is 2. The van der Waals surface area contributed by atoms with Crippen molar-refractivity contribution in [2.24, 2.45) is 0 Å². The van der Waals surface area contributed by atoms with Gasteiger partial charge in [0, 0.05) is 5.73 Å². The third-order valence-corrected chi connectivity index (χ3v) is 11.9. The van der Waals surface area contributed by atoms with Crippen molar-refractivity contribution >= 4 is 8.07 Å². The summed E-state index contributed by atoms with van der Waals surface area (Å²) in [4.78, 5) is 0. The van der Waals surface area contributed by atoms with Crippen LogP contribution in [0.25, 0.3) is 0 Å². The van der Waals surface area contributed by atoms with Gasteiger partial charge in [0.25, 0.3) is 0 Å². The first kappa shape index (κ1) is 17.1. The third kappa shape index (κ3) is 3.55. The van der Waals surface area contributed by atoms with E-state index in [0.29, 0.717) is 23.0 Å². The number of aliphatic hydroxyl groups excluding tert-OH is 2. The molecule has 2 atom stereocenters. The molecular formula is C14H32O2Si. The standard InChI is InChI=1S/C14H32O2Si/c1-8-13(15)9-14(16)17(10(2)3,11(4)5)12(6)7/h10-16H,8-9H2,1-7H3. The molecule has 0 saturated heterocycles. The van der Waals surface area contributed by atoms with E-state index in [1.165, 1.54) is 0 Å². The molecule has 0 aliphatic rings. The van der Waals surface area contributed by atoms with Gasteiger partial charge in [-0.15, -0.1) is 0 Å². The quantitative estimate of drug-likeness (QED) is 0.685. The van der Waals surface area contributed by atoms with Gasteiger partial charge in [-0.05, 0) is 29.5 Å². The highest BCUT2D eigenvalue weighted by atomic mass is 28.3. The molecule has 104 valence electrons. The molecule has 0 aromatic heterocycles. The van der Waals surface area contributed by atoms with Crippen LogP contribution >= 0.6 is 0 Å². The van der Waals surface area contributed by atoms with Gasteiger partial charge in [-0.2, -0.15) is 0 Å². The lowest BCUT2D eigenvalue weighted by atomic mass is 10.2. The summed E-state index contributed by atoms with van der Waals surface area (Å²) in [7, 11) is -1.81. The summed E-state index contributed by atoms with van der Waals surface area (Å²) in [5, 5.41) is 20.5. The summed E-state index contributed by atoms with van der Waals surface area (Å²) < 4.78 is 0. The smallest absolute Gasteiger partial charge is 0.0949 e. The van der Waals surface area contributed by atoms with Gasteiger partial charge in [-0.1, -0.05) is 48.5 Å². The summed E-state index contributed by atoms with van der Waals surface area (Å²) >= 11 is 0. The molecule has 0 heterocycles. The molecule has 0 fully saturated rings. The number of aliphatic hydroxyl groups is 2. The van der Waals surface area contributed by atoms with Gasteiger partial charge in [0.1, 0.15) is 0 Å². The number of rotatable bonds is 7. The van der Waals surface area contributed by atoms with Crippen LogP contribution in [0, 0.1) is 0 Å². The van der Waals surface area contributed by atoms with E-state index in [1.807, 2.05) is 6.92 Å². The normalized spacial score (nSPS) is 16.9. The lowest BCUT2D eigenvalue weighted by Crippen LogP contribution is -2.56. The van der Waals surface area contributed by atoms with Crippen LogP contribution in [0.2, 0.25) is 16.6 Å². The fourth-order valence-electron chi connectivity index (χ4n) is 3.78. The molecule has 17 heavy (non-hydrogen) atoms. The van der Waals surface area contributed by atoms with Crippen molar-refractivity contribution in [3.8, 4) is 0 Å². The third-order valence-electron chi connectivity index (χ3n) is 4.54. The van der Waals surface area contributed by atoms with Gasteiger partial charge in [0.2, 0.25) is 0 Å². The minimum Gasteiger partial charge on any atom is -0.396 e. The molecule has 2 nitrogen and oxygen atoms in total. The molecular weight excluding hydrogens is 228 g/mol. The Balaban J connectivity index is 5.15. The van der Waals surface area contributed by atoms with Gasteiger partial charge in [-0.3, -0.25) is 0 Å². The second-order valence-corrected chi connectivity index (χ2v) is 12.4. The van der Waals surface area contributed by atoms with E-state index in [-0.39, 0.29) is 11.8 Å². The molecule has 3 heteroatoms. The Hall–Kier alpha value is 0.137. The average molecular weight is 260 g/mol. The monoisotopic (exact) mass is 260 g/mol. The summed E-state index contributed by atoms with van der Waals surface area (Å²) in [6.07, 6.45) is 0.931. The largest absolute Gasteiger partial charge is 0.396 e. The first-order valence-electron chi connectivity index (χ1n) is 7.07. The molecule has 0 aromatic rings. The highest BCUT2D eigenvalue weighted by Crippen LogP contribution is 2.44. The topological polar surface area (TPSA) is 40.5 Å². The molecule has 0 saturated carbocycles. The fraction of sp³-hybridized carbons (Fsp3) is 1.00. The van der Waals surface area contributed by atoms with Gasteiger partial charge in [-0.25, -0.2) is 0 Å². The van der Waals surface area contributed by atoms with E-state index >= 15 is 0 Å². The van der Waals surface area contributed by atoms with Crippen molar-refractivity contribution in [3.05, 3.63) is 0 Å². The minimum atomic E-state index is -1.81. The van der Waals surface area contributed by atoms with Crippen LogP contribution in [0.5, 0.6) is 0 Å². The van der Waals surface area contributed by atoms with E-state index in [2.05, 4.69) is 41.5 Å². The Labute approximate surface area is 108 Å². The summed E-state index contributed by atoms with van der Waals surface area (Å²) in [5.74, 6) is 0. The second kappa shape index (κ2) is 6.91. The fourth-order valence-corrected chi connectivity index (χ4v) is 10.8. The van der Waals surface area contributed by atoms with Crippen LogP contribution in [-0.4, -0.2) is 30.1 Å². The molecule has 0 aromatic carbocycles. The molecule has 0 radical (unpaired) electrons. The average Bonchev–Trinajstić information content (AvgIpc) is 2.16. The Bertz CT molecular complexity index is 192. The van der Waals surface area contributed by atoms with Crippen molar-refractivity contribution in [3.63, 3.8) is 0 Å². The highest BCUT2D eigenvalue weighted by molar-refractivity contribution is 6.84. The van der Waals surface area contributed by atoms with Crippen LogP contribution in [0.3, 0.4) is 0 Å². The lowest BCUT2D eigenvalue weighted by molar-refractivity contribution is 0.107. The van der Waals surface area contributed by atoms with Gasteiger partial charge < -0.3 is 10.2 Å². The molecule has 0 spiro atoms. The van der Waals surface area contributed by atoms with Crippen molar-refractivity contribution in [2.75, 3.05) is 0 Å². The molecule has 2 N–H and O–H groups in total. The van der Waals surface area contributed by atoms with E-state index in [1.54, 1.807) is 0 Å². The summed E-state index contributed by atoms with van der Waals surface area (Å²) in [6, 6.07) is 0. The van der Waals surface area contributed by atoms with E-state index in [0.717, 1.165) is 6.42 Å². The van der Waals surface area contributed by atoms with Gasteiger partial charge in [0.15, 0.2) is 0 Å². The van der Waals surface area contributed by atoms with Crippen molar-refractivity contribution < 1.29 is 10.2 Å². The maximum atomic E-state index is 10.7. The van der Waals surface area contributed by atoms with Gasteiger partial charge >= 0.3 is 0 Å². The minimum absolute atomic E-state index is 0.294. The Morgan fingerprint density at radius 3 is 1.41 bits per heavy atom. The maximum Gasteiger partial charge on any atom is 0.0949 e. The molecule has 0 aliphatic carbocycles. The lowest BCUT2D eigenvalue weighted by Gasteiger charge is -2.47. The first-order chi connectivity index (χ1) is 7.71. The zero-order valence-electron chi connectivity index (χ0n) is 12.7. The van der Waals surface area contributed by atoms with Gasteiger partial charge in [0.05, 0.1) is 14.2 Å². The van der Waals surface area contributed by atoms with Crippen molar-refractivity contribution in [1.29, 1.82) is 0 Å². The zero-order valence-corrected chi connectivity index (χ0v) is 13.7. The van der Waals surface area contributed by atoms with Crippen molar-refractivity contribution in [2.45, 2.75) is 89.8 Å². The van der Waals surface area contributed by atoms with Crippen LogP contribution in [-0.2, 0) is 0 Å². The zero-order chi connectivity index (χ0) is 13.8. The summed E-state index contributed by atoms with van der Waals surface area (Å²) in [6.45, 7) is 15.4. The molecule has 2 unspecified atom stereocenters. The van der Waals surface area contributed by atoms with E-state index < -0.39 is 8.07 Å². The second-order valence-electron chi connectivity index (χ2n) is 6.28. The highest BCUT2D eigenvalue weighted by Gasteiger charge is 2.48. The number of hydrogen-bond acceptors (Lipinski definition) is 2. The van der Waals surface area contributed by atoms with Crippen LogP contribution < -0.4 is 0 Å². The van der Waals surface area contributed by atoms with Crippen molar-refractivity contribution in [1.82, 2.24) is 0 Å². The molecule has 0 rings (SSSR count). The SMILES string of the molecule is CCC(O)CC(O)[Si](C(C)C)(C(C)C)C(C)C. The first-order valence-corrected chi connectivity index (χ1v) is 9.38. The predicted octanol–water partition coefficient (Wildman–Crippen LogP) is 3.73. The van der Waals surface area contributed by atoms with E-state index in [9.17, 15) is 10.2 Å². The van der Waals surface area contributed by atoms with Crippen LogP contribution in [0.1, 0.15) is 61.3 Å². The predicted molar refractivity (Wildman–Crippen MR) is 78.0 cm³/mol. The summed E-state index contributed by atoms with van der Waals surface area (Å²) in [5.41, 5.74) is 1.34. The Morgan fingerprint density at radius 2 is 1.18 bits per heavy atom. The van der Waals surface area contributed by atoms with Crippen LogP contribution in [0.15, 0.2) is 0 Å². The molecule has 0 aliphatic heterocycles. The van der Waals surface area contributed by atoms with E-state index in [4.69, 9.17) is 0 Å². The maximum absolute atomic E-state index is 10.7. The Morgan fingerprint density at radius 1 is 0.824 bits per heavy atom. The Kier molecular flexibility index (Phi) is 6.96. The van der Waals surface area contributed by atoms with Crippen LogP contribution in [0.4, 0.5) is 0 Å². The molecule has 0 amide bonds.